The molecule has 128 valence electrons. The highest BCUT2D eigenvalue weighted by Gasteiger charge is 2.18. The number of fused-ring (bicyclic) bond motifs is 1. The lowest BCUT2D eigenvalue weighted by Crippen LogP contribution is -3.00. The summed E-state index contributed by atoms with van der Waals surface area (Å²) < 4.78 is 6.16. The largest absolute Gasteiger partial charge is 1.00 e. The van der Waals surface area contributed by atoms with E-state index in [0.717, 1.165) is 32.2 Å². The number of aromatic nitrogens is 2. The van der Waals surface area contributed by atoms with Gasteiger partial charge >= 0.3 is 0 Å². The lowest BCUT2D eigenvalue weighted by atomic mass is 10.1. The molecule has 0 fully saturated rings. The maximum Gasteiger partial charge on any atom is 0.166 e. The van der Waals surface area contributed by atoms with Crippen LogP contribution < -0.4 is 21.6 Å². The molecule has 0 bridgehead atoms. The molecule has 0 saturated heterocycles. The summed E-state index contributed by atoms with van der Waals surface area (Å²) in [5, 5.41) is 0.946. The van der Waals surface area contributed by atoms with E-state index in [1.165, 1.54) is 11.3 Å². The number of nitrogens with zero attached hydrogens (tertiary/aromatic N) is 2. The van der Waals surface area contributed by atoms with Gasteiger partial charge < -0.3 is 22.1 Å². The summed E-state index contributed by atoms with van der Waals surface area (Å²) in [5.41, 5.74) is 4.64. The minimum absolute atomic E-state index is 0. The number of H-pyrrole nitrogens is 1. The van der Waals surface area contributed by atoms with Gasteiger partial charge in [0.25, 0.3) is 0 Å². The topological polar surface area (TPSA) is 37.9 Å². The van der Waals surface area contributed by atoms with E-state index in [4.69, 9.17) is 4.74 Å². The minimum Gasteiger partial charge on any atom is -1.00 e. The standard InChI is InChI=1S/C18H22N3OS.ClH/c1-21(2,3)17-10-9-14(22-4)11-13(17)12-23-18-19-15-7-5-6-8-16(15)20-18;/h5-11H,12H2,1-4H3,(H,19,20);1H/q+1;/p-1. The summed E-state index contributed by atoms with van der Waals surface area (Å²) in [7, 11) is 8.24. The lowest BCUT2D eigenvalue weighted by molar-refractivity contribution is -0.00000536. The van der Waals surface area contributed by atoms with Crippen LogP contribution >= 0.6 is 11.8 Å². The Balaban J connectivity index is 0.00000208. The van der Waals surface area contributed by atoms with Crippen LogP contribution in [-0.2, 0) is 5.75 Å². The van der Waals surface area contributed by atoms with Gasteiger partial charge in [-0.3, -0.25) is 4.48 Å². The van der Waals surface area contributed by atoms with E-state index in [-0.39, 0.29) is 12.4 Å². The number of benzene rings is 2. The molecule has 0 saturated carbocycles. The molecule has 6 heteroatoms. The number of hydrogen-bond acceptors (Lipinski definition) is 3. The first-order valence-corrected chi connectivity index (χ1v) is 8.52. The maximum absolute atomic E-state index is 5.38. The fourth-order valence-electron chi connectivity index (χ4n) is 2.60. The van der Waals surface area contributed by atoms with Crippen molar-refractivity contribution < 1.29 is 17.1 Å². The Morgan fingerprint density at radius 1 is 1.12 bits per heavy atom. The van der Waals surface area contributed by atoms with Crippen molar-refractivity contribution in [2.45, 2.75) is 10.9 Å². The average molecular weight is 364 g/mol. The zero-order chi connectivity index (χ0) is 16.4. The Bertz CT molecular complexity index is 793. The SMILES string of the molecule is COc1ccc([N+](C)(C)C)c(CSc2nc3ccccc3[nH]2)c1.[Cl-]. The summed E-state index contributed by atoms with van der Waals surface area (Å²) in [5.74, 6) is 1.74. The quantitative estimate of drug-likeness (QED) is 0.544. The van der Waals surface area contributed by atoms with Crippen molar-refractivity contribution in [3.8, 4) is 5.75 Å². The van der Waals surface area contributed by atoms with Gasteiger partial charge in [-0.25, -0.2) is 4.98 Å². The molecule has 2 aromatic carbocycles. The maximum atomic E-state index is 5.38. The number of hydrogen-bond donors (Lipinski definition) is 1. The summed E-state index contributed by atoms with van der Waals surface area (Å²) in [6, 6.07) is 14.4. The molecule has 3 aromatic rings. The van der Waals surface area contributed by atoms with Gasteiger partial charge in [0.15, 0.2) is 5.16 Å². The Morgan fingerprint density at radius 2 is 1.88 bits per heavy atom. The molecule has 24 heavy (non-hydrogen) atoms. The third-order valence-electron chi connectivity index (χ3n) is 3.74. The second kappa shape index (κ2) is 7.47. The molecule has 0 aliphatic rings. The molecule has 3 rings (SSSR count). The third-order valence-corrected chi connectivity index (χ3v) is 4.66. The van der Waals surface area contributed by atoms with Gasteiger partial charge in [0.2, 0.25) is 0 Å². The Morgan fingerprint density at radius 3 is 2.54 bits per heavy atom. The van der Waals surface area contributed by atoms with E-state index in [0.29, 0.717) is 0 Å². The van der Waals surface area contributed by atoms with Gasteiger partial charge in [-0.05, 0) is 24.3 Å². The van der Waals surface area contributed by atoms with Crippen LogP contribution in [0.25, 0.3) is 11.0 Å². The predicted octanol–water partition coefficient (Wildman–Crippen LogP) is 1.06. The van der Waals surface area contributed by atoms with Gasteiger partial charge in [0, 0.05) is 17.4 Å². The Hall–Kier alpha value is -1.69. The van der Waals surface area contributed by atoms with Crippen molar-refractivity contribution in [1.29, 1.82) is 0 Å². The predicted molar refractivity (Wildman–Crippen MR) is 98.2 cm³/mol. The number of nitrogens with one attached hydrogen (secondary N) is 1. The molecule has 1 aromatic heterocycles. The van der Waals surface area contributed by atoms with Gasteiger partial charge in [0.05, 0.1) is 39.3 Å². The van der Waals surface area contributed by atoms with E-state index in [2.05, 4.69) is 49.3 Å². The Labute approximate surface area is 153 Å². The molecule has 0 unspecified atom stereocenters. The molecule has 1 heterocycles. The first kappa shape index (κ1) is 18.6. The smallest absolute Gasteiger partial charge is 0.166 e. The highest BCUT2D eigenvalue weighted by atomic mass is 35.5. The monoisotopic (exact) mass is 363 g/mol. The number of thioether (sulfide) groups is 1. The second-order valence-electron chi connectivity index (χ2n) is 6.35. The van der Waals surface area contributed by atoms with Crippen LogP contribution in [0.4, 0.5) is 5.69 Å². The van der Waals surface area contributed by atoms with Crippen LogP contribution in [0.5, 0.6) is 5.75 Å². The van der Waals surface area contributed by atoms with E-state index in [9.17, 15) is 0 Å². The summed E-state index contributed by atoms with van der Waals surface area (Å²) in [6.07, 6.45) is 0. The molecule has 0 atom stereocenters. The number of halogens is 1. The summed E-state index contributed by atoms with van der Waals surface area (Å²) >= 11 is 1.72. The molecule has 0 amide bonds. The molecule has 4 nitrogen and oxygen atoms in total. The summed E-state index contributed by atoms with van der Waals surface area (Å²) in [6.45, 7) is 0. The van der Waals surface area contributed by atoms with Crippen LogP contribution in [0.1, 0.15) is 5.56 Å². The first-order chi connectivity index (χ1) is 11.0. The van der Waals surface area contributed by atoms with Crippen molar-refractivity contribution in [3.63, 3.8) is 0 Å². The van der Waals surface area contributed by atoms with Crippen LogP contribution in [0, 0.1) is 0 Å². The van der Waals surface area contributed by atoms with Crippen LogP contribution in [0.15, 0.2) is 47.6 Å². The number of aromatic amines is 1. The minimum atomic E-state index is 0. The molecule has 0 spiro atoms. The van der Waals surface area contributed by atoms with Gasteiger partial charge in [0.1, 0.15) is 11.4 Å². The van der Waals surface area contributed by atoms with Crippen molar-refractivity contribution in [3.05, 3.63) is 48.0 Å². The van der Waals surface area contributed by atoms with E-state index >= 15 is 0 Å². The molecular formula is C18H22ClN3OS. The van der Waals surface area contributed by atoms with Crippen LogP contribution in [0.2, 0.25) is 0 Å². The number of imidazole rings is 1. The Kier molecular flexibility index (Phi) is 5.80. The lowest BCUT2D eigenvalue weighted by Gasteiger charge is -2.26. The number of methoxy groups -OCH3 is 1. The fourth-order valence-corrected chi connectivity index (χ4v) is 3.47. The normalized spacial score (nSPS) is 11.3. The summed E-state index contributed by atoms with van der Waals surface area (Å²) in [4.78, 5) is 8.00. The number of quaternary nitrogens is 1. The van der Waals surface area contributed by atoms with Gasteiger partial charge in [-0.15, -0.1) is 0 Å². The molecule has 0 radical (unpaired) electrons. The van der Waals surface area contributed by atoms with Gasteiger partial charge in [-0.2, -0.15) is 0 Å². The highest BCUT2D eigenvalue weighted by molar-refractivity contribution is 7.98. The van der Waals surface area contributed by atoms with Crippen molar-refractivity contribution in [2.75, 3.05) is 28.3 Å². The van der Waals surface area contributed by atoms with E-state index in [1.807, 2.05) is 24.3 Å². The number of para-hydroxylation sites is 2. The first-order valence-electron chi connectivity index (χ1n) is 7.54. The van der Waals surface area contributed by atoms with E-state index in [1.54, 1.807) is 18.9 Å². The zero-order valence-corrected chi connectivity index (χ0v) is 15.9. The van der Waals surface area contributed by atoms with Crippen molar-refractivity contribution in [1.82, 2.24) is 14.5 Å². The van der Waals surface area contributed by atoms with Crippen molar-refractivity contribution in [2.24, 2.45) is 0 Å². The molecule has 0 aliphatic carbocycles. The van der Waals surface area contributed by atoms with Crippen molar-refractivity contribution >= 4 is 28.5 Å². The van der Waals surface area contributed by atoms with E-state index < -0.39 is 0 Å². The third kappa shape index (κ3) is 4.04. The fraction of sp³-hybridized carbons (Fsp3) is 0.278. The second-order valence-corrected chi connectivity index (χ2v) is 7.32. The highest BCUT2D eigenvalue weighted by Crippen LogP contribution is 2.32. The number of rotatable bonds is 5. The van der Waals surface area contributed by atoms with Crippen LogP contribution in [0.3, 0.4) is 0 Å². The van der Waals surface area contributed by atoms with Crippen LogP contribution in [-0.4, -0.2) is 38.2 Å². The molecular weight excluding hydrogens is 342 g/mol. The molecule has 1 N–H and O–H groups in total. The molecule has 0 aliphatic heterocycles. The van der Waals surface area contributed by atoms with Gasteiger partial charge in [-0.1, -0.05) is 23.9 Å². The zero-order valence-electron chi connectivity index (χ0n) is 14.3. The number of ether oxygens (including phenoxy) is 1. The average Bonchev–Trinajstić information content (AvgIpc) is 2.94.